The molecule has 1 aliphatic rings. The number of aryl methyl sites for hydroxylation is 1. The van der Waals surface area contributed by atoms with Crippen LogP contribution >= 0.6 is 23.2 Å². The van der Waals surface area contributed by atoms with Gasteiger partial charge in [0.1, 0.15) is 0 Å². The molecule has 0 unspecified atom stereocenters. The molecule has 3 heterocycles. The second-order valence-corrected chi connectivity index (χ2v) is 9.06. The summed E-state index contributed by atoms with van der Waals surface area (Å²) in [4.78, 5) is 33.5. The van der Waals surface area contributed by atoms with Gasteiger partial charge in [-0.1, -0.05) is 54.4 Å². The Morgan fingerprint density at radius 3 is 2.53 bits per heavy atom. The molecule has 0 spiro atoms. The molecule has 5 rings (SSSR count). The van der Waals surface area contributed by atoms with Gasteiger partial charge in [-0.15, -0.1) is 0 Å². The van der Waals surface area contributed by atoms with Gasteiger partial charge in [-0.2, -0.15) is 4.98 Å². The third-order valence-corrected chi connectivity index (χ3v) is 6.44. The zero-order valence-corrected chi connectivity index (χ0v) is 19.1. The van der Waals surface area contributed by atoms with Crippen molar-refractivity contribution in [3.63, 3.8) is 0 Å². The number of hydrogen-bond acceptors (Lipinski definition) is 4. The summed E-state index contributed by atoms with van der Waals surface area (Å²) in [6.07, 6.45) is 0. The minimum atomic E-state index is -0.441. The predicted molar refractivity (Wildman–Crippen MR) is 127 cm³/mol. The van der Waals surface area contributed by atoms with Gasteiger partial charge in [-0.05, 0) is 35.7 Å². The summed E-state index contributed by atoms with van der Waals surface area (Å²) in [7, 11) is 1.64. The average molecular weight is 470 g/mol. The average Bonchev–Trinajstić information content (AvgIpc) is 3.16. The molecule has 0 bridgehead atoms. The fourth-order valence-electron chi connectivity index (χ4n) is 4.29. The van der Waals surface area contributed by atoms with Gasteiger partial charge < -0.3 is 9.47 Å². The Labute approximate surface area is 194 Å². The van der Waals surface area contributed by atoms with Crippen molar-refractivity contribution in [3.05, 3.63) is 85.0 Å². The molecule has 0 fully saturated rings. The van der Waals surface area contributed by atoms with Crippen LogP contribution in [0.15, 0.2) is 58.1 Å². The Balaban J connectivity index is 1.73. The molecule has 0 saturated carbocycles. The van der Waals surface area contributed by atoms with Crippen LogP contribution in [0.3, 0.4) is 0 Å². The van der Waals surface area contributed by atoms with Gasteiger partial charge in [-0.25, -0.2) is 4.79 Å². The quantitative estimate of drug-likeness (QED) is 0.454. The van der Waals surface area contributed by atoms with Crippen LogP contribution in [0.5, 0.6) is 0 Å². The second-order valence-electron chi connectivity index (χ2n) is 8.21. The standard InChI is InChI=1S/C23H21Cl2N5O2/c1-14-11-28(17-6-4-3-5-7-17)22-26-20-19(29(22)12-14)21(31)30(23(32)27(20)2)13-15-8-9-16(24)10-18(15)25/h3-10,14H,11-13H2,1-2H3/t14-/m1/s1. The lowest BCUT2D eigenvalue weighted by Gasteiger charge is -2.32. The fraction of sp³-hybridized carbons (Fsp3) is 0.261. The number of hydrogen-bond donors (Lipinski definition) is 0. The summed E-state index contributed by atoms with van der Waals surface area (Å²) < 4.78 is 4.57. The number of imidazole rings is 1. The minimum Gasteiger partial charge on any atom is -0.312 e. The van der Waals surface area contributed by atoms with Crippen molar-refractivity contribution in [1.29, 1.82) is 0 Å². The Hall–Kier alpha value is -3.03. The fourth-order valence-corrected chi connectivity index (χ4v) is 4.76. The van der Waals surface area contributed by atoms with Crippen LogP contribution in [0.4, 0.5) is 11.6 Å². The van der Waals surface area contributed by atoms with Crippen LogP contribution in [0.2, 0.25) is 10.0 Å². The summed E-state index contributed by atoms with van der Waals surface area (Å²) >= 11 is 12.3. The molecule has 1 aliphatic heterocycles. The van der Waals surface area contributed by atoms with Crippen LogP contribution < -0.4 is 16.1 Å². The van der Waals surface area contributed by atoms with Gasteiger partial charge >= 0.3 is 5.69 Å². The molecule has 9 heteroatoms. The molecule has 0 radical (unpaired) electrons. The number of nitrogens with zero attached hydrogens (tertiary/aromatic N) is 5. The van der Waals surface area contributed by atoms with E-state index in [-0.39, 0.29) is 18.0 Å². The van der Waals surface area contributed by atoms with Crippen molar-refractivity contribution in [2.24, 2.45) is 13.0 Å². The van der Waals surface area contributed by atoms with Crippen molar-refractivity contribution >= 4 is 46.0 Å². The molecule has 7 nitrogen and oxygen atoms in total. The smallest absolute Gasteiger partial charge is 0.312 e. The highest BCUT2D eigenvalue weighted by molar-refractivity contribution is 6.35. The van der Waals surface area contributed by atoms with E-state index in [2.05, 4.69) is 11.8 Å². The number of benzene rings is 2. The Kier molecular flexibility index (Phi) is 5.10. The Morgan fingerprint density at radius 2 is 1.81 bits per heavy atom. The van der Waals surface area contributed by atoms with E-state index in [4.69, 9.17) is 28.2 Å². The van der Waals surface area contributed by atoms with Gasteiger partial charge in [0.15, 0.2) is 11.2 Å². The molecular formula is C23H21Cl2N5O2. The largest absolute Gasteiger partial charge is 0.332 e. The predicted octanol–water partition coefficient (Wildman–Crippen LogP) is 4.04. The summed E-state index contributed by atoms with van der Waals surface area (Å²) in [5.74, 6) is 0.953. The number of aromatic nitrogens is 4. The van der Waals surface area contributed by atoms with E-state index in [9.17, 15) is 9.59 Å². The molecule has 0 N–H and O–H groups in total. The van der Waals surface area contributed by atoms with Gasteiger partial charge in [0.2, 0.25) is 5.95 Å². The number of halogens is 2. The van der Waals surface area contributed by atoms with E-state index < -0.39 is 5.69 Å². The first kappa shape index (κ1) is 20.8. The number of fused-ring (bicyclic) bond motifs is 3. The topological polar surface area (TPSA) is 65.1 Å². The molecule has 1 atom stereocenters. The number of para-hydroxylation sites is 1. The molecule has 164 valence electrons. The Morgan fingerprint density at radius 1 is 1.06 bits per heavy atom. The normalized spacial score (nSPS) is 15.9. The first-order valence-electron chi connectivity index (χ1n) is 10.3. The zero-order chi connectivity index (χ0) is 22.6. The monoisotopic (exact) mass is 469 g/mol. The van der Waals surface area contributed by atoms with E-state index >= 15 is 0 Å². The van der Waals surface area contributed by atoms with Crippen molar-refractivity contribution in [2.45, 2.75) is 20.0 Å². The van der Waals surface area contributed by atoms with Crippen LogP contribution in [0.25, 0.3) is 11.2 Å². The van der Waals surface area contributed by atoms with E-state index in [1.165, 1.54) is 9.13 Å². The molecule has 2 aromatic heterocycles. The molecule has 32 heavy (non-hydrogen) atoms. The van der Waals surface area contributed by atoms with Gasteiger partial charge in [-0.3, -0.25) is 13.9 Å². The maximum atomic E-state index is 13.6. The first-order valence-corrected chi connectivity index (χ1v) is 11.1. The van der Waals surface area contributed by atoms with E-state index in [0.717, 1.165) is 12.2 Å². The van der Waals surface area contributed by atoms with Gasteiger partial charge in [0, 0.05) is 35.9 Å². The molecular weight excluding hydrogens is 449 g/mol. The van der Waals surface area contributed by atoms with E-state index in [1.54, 1.807) is 25.2 Å². The molecule has 0 saturated heterocycles. The van der Waals surface area contributed by atoms with E-state index in [1.807, 2.05) is 34.9 Å². The minimum absolute atomic E-state index is 0.0515. The molecule has 4 aromatic rings. The Bertz CT molecular complexity index is 1460. The summed E-state index contributed by atoms with van der Waals surface area (Å²) in [5, 5.41) is 0.903. The van der Waals surface area contributed by atoms with Crippen molar-refractivity contribution in [3.8, 4) is 0 Å². The maximum Gasteiger partial charge on any atom is 0.332 e. The number of anilines is 2. The van der Waals surface area contributed by atoms with Crippen molar-refractivity contribution in [2.75, 3.05) is 11.4 Å². The lowest BCUT2D eigenvalue weighted by molar-refractivity contribution is 0.458. The van der Waals surface area contributed by atoms with Crippen LogP contribution in [-0.2, 0) is 20.1 Å². The van der Waals surface area contributed by atoms with Crippen molar-refractivity contribution < 1.29 is 0 Å². The first-order chi connectivity index (χ1) is 15.3. The van der Waals surface area contributed by atoms with Crippen LogP contribution in [-0.4, -0.2) is 25.2 Å². The SMILES string of the molecule is C[C@@H]1CN(c2ccccc2)c2nc3c(c(=O)n(Cc4ccc(Cl)cc4Cl)c(=O)n3C)n2C1. The summed E-state index contributed by atoms with van der Waals surface area (Å²) in [6, 6.07) is 15.0. The number of rotatable bonds is 3. The van der Waals surface area contributed by atoms with Crippen LogP contribution in [0.1, 0.15) is 12.5 Å². The van der Waals surface area contributed by atoms with Gasteiger partial charge in [0.05, 0.1) is 6.54 Å². The third-order valence-electron chi connectivity index (χ3n) is 5.85. The zero-order valence-electron chi connectivity index (χ0n) is 17.6. The van der Waals surface area contributed by atoms with E-state index in [0.29, 0.717) is 39.3 Å². The highest BCUT2D eigenvalue weighted by Crippen LogP contribution is 2.32. The van der Waals surface area contributed by atoms with Crippen LogP contribution in [0, 0.1) is 5.92 Å². The third kappa shape index (κ3) is 3.32. The second kappa shape index (κ2) is 7.83. The summed E-state index contributed by atoms with van der Waals surface area (Å²) in [6.45, 7) is 3.61. The summed E-state index contributed by atoms with van der Waals surface area (Å²) in [5.41, 5.74) is 1.61. The highest BCUT2D eigenvalue weighted by Gasteiger charge is 2.29. The lowest BCUT2D eigenvalue weighted by Crippen LogP contribution is -2.40. The highest BCUT2D eigenvalue weighted by atomic mass is 35.5. The van der Waals surface area contributed by atoms with Gasteiger partial charge in [0.25, 0.3) is 5.56 Å². The molecule has 2 aromatic carbocycles. The lowest BCUT2D eigenvalue weighted by atomic mass is 10.1. The van der Waals surface area contributed by atoms with Crippen molar-refractivity contribution in [1.82, 2.24) is 18.7 Å². The molecule has 0 amide bonds. The molecule has 0 aliphatic carbocycles. The maximum absolute atomic E-state index is 13.6.